The van der Waals surface area contributed by atoms with E-state index in [4.69, 9.17) is 0 Å². The molecule has 0 spiro atoms. The second kappa shape index (κ2) is 8.19. The molecule has 3 aromatic rings. The van der Waals surface area contributed by atoms with Crippen molar-refractivity contribution in [3.63, 3.8) is 0 Å². The molecule has 1 aliphatic carbocycles. The lowest BCUT2D eigenvalue weighted by atomic mass is 9.93. The van der Waals surface area contributed by atoms with E-state index in [-0.39, 0.29) is 34.0 Å². The number of ether oxygens (including phenoxy) is 1. The number of carboxylic acid groups (broad SMARTS) is 1. The SMILES string of the molecule is O=C1CC=CC=C1c1c(C(=O)O)n(Cc2cc(F)ccc2F)c2ccc(OC(F)(F)F)cc12. The molecule has 5 nitrogen and oxygen atoms in total. The first kappa shape index (κ1) is 22.3. The summed E-state index contributed by atoms with van der Waals surface area (Å²) in [5, 5.41) is 9.95. The first-order chi connectivity index (χ1) is 15.5. The van der Waals surface area contributed by atoms with Crippen molar-refractivity contribution in [3.8, 4) is 5.75 Å². The third kappa shape index (κ3) is 4.36. The van der Waals surface area contributed by atoms with Crippen molar-refractivity contribution in [2.75, 3.05) is 0 Å². The van der Waals surface area contributed by atoms with Crippen LogP contribution in [0.4, 0.5) is 22.0 Å². The minimum Gasteiger partial charge on any atom is -0.477 e. The van der Waals surface area contributed by atoms with Gasteiger partial charge in [0.05, 0.1) is 6.54 Å². The Hall–Kier alpha value is -3.95. The van der Waals surface area contributed by atoms with Gasteiger partial charge in [-0.15, -0.1) is 13.2 Å². The predicted molar refractivity (Wildman–Crippen MR) is 108 cm³/mol. The minimum atomic E-state index is -5.00. The lowest BCUT2D eigenvalue weighted by Crippen LogP contribution is -2.17. The van der Waals surface area contributed by atoms with Crippen molar-refractivity contribution in [3.05, 3.63) is 83.1 Å². The van der Waals surface area contributed by atoms with Gasteiger partial charge in [0.2, 0.25) is 0 Å². The molecule has 10 heteroatoms. The minimum absolute atomic E-state index is 0.0131. The molecule has 0 bridgehead atoms. The Kier molecular flexibility index (Phi) is 5.52. The van der Waals surface area contributed by atoms with Crippen molar-refractivity contribution in [2.45, 2.75) is 19.3 Å². The van der Waals surface area contributed by atoms with E-state index in [9.17, 15) is 36.6 Å². The smallest absolute Gasteiger partial charge is 0.477 e. The molecule has 0 atom stereocenters. The Morgan fingerprint density at radius 3 is 2.55 bits per heavy atom. The molecular formula is C23H14F5NO4. The van der Waals surface area contributed by atoms with Gasteiger partial charge in [-0.1, -0.05) is 18.2 Å². The Bertz CT molecular complexity index is 1350. The molecule has 0 radical (unpaired) electrons. The first-order valence-corrected chi connectivity index (χ1v) is 9.55. The Balaban J connectivity index is 2.02. The highest BCUT2D eigenvalue weighted by atomic mass is 19.4. The number of Topliss-reactive ketones (excluding diaryl/α,β-unsaturated/α-hetero) is 1. The standard InChI is InChI=1S/C23H14F5NO4/c24-13-5-7-17(25)12(9-13)11-29-18-8-6-14(33-23(26,27)28)10-16(18)20(21(29)22(31)32)15-3-1-2-4-19(15)30/h1-3,5-10H,4,11H2,(H,31,32). The number of fused-ring (bicyclic) bond motifs is 1. The fourth-order valence-electron chi connectivity index (χ4n) is 3.79. The molecule has 1 N–H and O–H groups in total. The van der Waals surface area contributed by atoms with Crippen LogP contribution in [0.15, 0.2) is 54.6 Å². The van der Waals surface area contributed by atoms with E-state index in [0.29, 0.717) is 0 Å². The maximum Gasteiger partial charge on any atom is 0.573 e. The molecule has 1 aliphatic rings. The summed E-state index contributed by atoms with van der Waals surface area (Å²) in [4.78, 5) is 24.8. The van der Waals surface area contributed by atoms with Crippen LogP contribution in [0.3, 0.4) is 0 Å². The fourth-order valence-corrected chi connectivity index (χ4v) is 3.79. The highest BCUT2D eigenvalue weighted by molar-refractivity contribution is 6.27. The number of allylic oxidation sites excluding steroid dienone is 4. The van der Waals surface area contributed by atoms with Crippen LogP contribution in [-0.4, -0.2) is 27.8 Å². The van der Waals surface area contributed by atoms with Crippen LogP contribution in [-0.2, 0) is 11.3 Å². The quantitative estimate of drug-likeness (QED) is 0.509. The van der Waals surface area contributed by atoms with Gasteiger partial charge in [-0.25, -0.2) is 13.6 Å². The topological polar surface area (TPSA) is 68.5 Å². The summed E-state index contributed by atoms with van der Waals surface area (Å²) in [5.41, 5.74) is -0.684. The van der Waals surface area contributed by atoms with Crippen molar-refractivity contribution in [1.29, 1.82) is 0 Å². The van der Waals surface area contributed by atoms with Crippen LogP contribution in [0, 0.1) is 11.6 Å². The number of benzene rings is 2. The summed E-state index contributed by atoms with van der Waals surface area (Å²) >= 11 is 0. The van der Waals surface area contributed by atoms with Crippen molar-refractivity contribution < 1.29 is 41.4 Å². The summed E-state index contributed by atoms with van der Waals surface area (Å²) < 4.78 is 71.4. The van der Waals surface area contributed by atoms with Gasteiger partial charge in [0.1, 0.15) is 23.1 Å². The molecule has 170 valence electrons. The van der Waals surface area contributed by atoms with Crippen molar-refractivity contribution in [1.82, 2.24) is 4.57 Å². The van der Waals surface area contributed by atoms with Crippen LogP contribution in [0.5, 0.6) is 5.75 Å². The normalized spacial score (nSPS) is 14.0. The number of ketones is 1. The lowest BCUT2D eigenvalue weighted by molar-refractivity contribution is -0.274. The zero-order valence-corrected chi connectivity index (χ0v) is 16.6. The van der Waals surface area contributed by atoms with Gasteiger partial charge >= 0.3 is 12.3 Å². The van der Waals surface area contributed by atoms with Crippen molar-refractivity contribution >= 4 is 28.2 Å². The first-order valence-electron chi connectivity index (χ1n) is 9.55. The van der Waals surface area contributed by atoms with E-state index in [1.165, 1.54) is 18.2 Å². The molecule has 0 unspecified atom stereocenters. The molecule has 2 aromatic carbocycles. The monoisotopic (exact) mass is 463 g/mol. The van der Waals surface area contributed by atoms with E-state index in [2.05, 4.69) is 4.74 Å². The van der Waals surface area contributed by atoms with Gasteiger partial charge in [-0.2, -0.15) is 0 Å². The van der Waals surface area contributed by atoms with Crippen LogP contribution >= 0.6 is 0 Å². The van der Waals surface area contributed by atoms with E-state index >= 15 is 0 Å². The summed E-state index contributed by atoms with van der Waals surface area (Å²) in [7, 11) is 0. The Labute approximate surface area is 183 Å². The number of alkyl halides is 3. The van der Waals surface area contributed by atoms with E-state index < -0.39 is 47.7 Å². The number of halogens is 5. The van der Waals surface area contributed by atoms with Crippen LogP contribution < -0.4 is 4.74 Å². The van der Waals surface area contributed by atoms with Crippen LogP contribution in [0.2, 0.25) is 0 Å². The molecule has 0 saturated carbocycles. The van der Waals surface area contributed by atoms with E-state index in [0.717, 1.165) is 34.9 Å². The molecule has 0 aliphatic heterocycles. The third-order valence-corrected chi connectivity index (χ3v) is 5.08. The summed E-state index contributed by atoms with van der Waals surface area (Å²) in [6.45, 7) is -0.446. The largest absolute Gasteiger partial charge is 0.573 e. The number of aromatic carboxylic acids is 1. The number of carbonyl (C=O) groups is 2. The molecule has 33 heavy (non-hydrogen) atoms. The van der Waals surface area contributed by atoms with E-state index in [1.54, 1.807) is 6.08 Å². The Morgan fingerprint density at radius 1 is 1.12 bits per heavy atom. The Morgan fingerprint density at radius 2 is 1.88 bits per heavy atom. The number of hydrogen-bond acceptors (Lipinski definition) is 3. The highest BCUT2D eigenvalue weighted by Crippen LogP contribution is 2.37. The average molecular weight is 463 g/mol. The number of aromatic nitrogens is 1. The second-order valence-corrected chi connectivity index (χ2v) is 7.21. The molecule has 4 rings (SSSR count). The second-order valence-electron chi connectivity index (χ2n) is 7.21. The van der Waals surface area contributed by atoms with Crippen molar-refractivity contribution in [2.24, 2.45) is 0 Å². The molecule has 0 saturated heterocycles. The van der Waals surface area contributed by atoms with Gasteiger partial charge in [0.15, 0.2) is 5.78 Å². The van der Waals surface area contributed by atoms with Gasteiger partial charge in [0, 0.05) is 34.0 Å². The summed E-state index contributed by atoms with van der Waals surface area (Å²) in [6, 6.07) is 5.78. The number of nitrogens with zero attached hydrogens (tertiary/aromatic N) is 1. The number of carboxylic acids is 1. The zero-order valence-electron chi connectivity index (χ0n) is 16.6. The van der Waals surface area contributed by atoms with Gasteiger partial charge in [-0.05, 0) is 36.4 Å². The number of rotatable bonds is 5. The molecule has 1 aromatic heterocycles. The number of hydrogen-bond donors (Lipinski definition) is 1. The maximum absolute atomic E-state index is 14.3. The van der Waals surface area contributed by atoms with Crippen LogP contribution in [0.25, 0.3) is 16.5 Å². The van der Waals surface area contributed by atoms with E-state index in [1.807, 2.05) is 0 Å². The molecule has 1 heterocycles. The van der Waals surface area contributed by atoms with Gasteiger partial charge < -0.3 is 14.4 Å². The highest BCUT2D eigenvalue weighted by Gasteiger charge is 2.33. The zero-order chi connectivity index (χ0) is 23.9. The average Bonchev–Trinajstić information content (AvgIpc) is 3.03. The third-order valence-electron chi connectivity index (χ3n) is 5.08. The lowest BCUT2D eigenvalue weighted by Gasteiger charge is -2.12. The fraction of sp³-hybridized carbons (Fsp3) is 0.130. The summed E-state index contributed by atoms with van der Waals surface area (Å²) in [6.07, 6.45) is -0.606. The van der Waals surface area contributed by atoms with Gasteiger partial charge in [0.25, 0.3) is 0 Å². The van der Waals surface area contributed by atoms with Crippen LogP contribution in [0.1, 0.15) is 28.0 Å². The predicted octanol–water partition coefficient (Wildman–Crippen LogP) is 5.48. The number of carbonyl (C=O) groups excluding carboxylic acids is 1. The molecule has 0 fully saturated rings. The maximum atomic E-state index is 14.3. The molecule has 0 amide bonds. The van der Waals surface area contributed by atoms with Gasteiger partial charge in [-0.3, -0.25) is 4.79 Å². The summed E-state index contributed by atoms with van der Waals surface area (Å²) in [5.74, 6) is -4.13. The molecular weight excluding hydrogens is 449 g/mol.